The van der Waals surface area contributed by atoms with Gasteiger partial charge in [-0.15, -0.1) is 0 Å². The molecule has 0 unspecified atom stereocenters. The smallest absolute Gasteiger partial charge is 0.149 e. The highest BCUT2D eigenvalue weighted by Crippen LogP contribution is 2.04. The molecule has 1 aromatic carbocycles. The van der Waals surface area contributed by atoms with Crippen molar-refractivity contribution < 1.29 is 9.18 Å². The van der Waals surface area contributed by atoms with Gasteiger partial charge in [0.25, 0.3) is 0 Å². The molecule has 0 saturated carbocycles. The minimum Gasteiger partial charge on any atom is -0.298 e. The van der Waals surface area contributed by atoms with Crippen molar-refractivity contribution in [1.29, 1.82) is 0 Å². The summed E-state index contributed by atoms with van der Waals surface area (Å²) in [7, 11) is 5.40. The topological polar surface area (TPSA) is 17.1 Å². The number of rotatable bonds is 1. The summed E-state index contributed by atoms with van der Waals surface area (Å²) in [5.74, 6) is -0.402. The molecule has 0 aliphatic carbocycles. The number of benzene rings is 1. The van der Waals surface area contributed by atoms with E-state index in [-0.39, 0.29) is 5.56 Å². The Morgan fingerprint density at radius 3 is 2.73 bits per heavy atom. The molecule has 1 nitrogen and oxygen atoms in total. The summed E-state index contributed by atoms with van der Waals surface area (Å²) in [4.78, 5) is 10.2. The number of carbonyl (C=O) groups excluding carboxylic acids is 1. The Hall–Kier alpha value is -1.12. The molecule has 1 rings (SSSR count). The molecule has 0 amide bonds. The van der Waals surface area contributed by atoms with Gasteiger partial charge in [0.05, 0.1) is 0 Å². The van der Waals surface area contributed by atoms with Crippen molar-refractivity contribution in [3.8, 4) is 0 Å². The molecule has 0 saturated heterocycles. The minimum absolute atomic E-state index is 0.202. The molecular weight excluding hydrogens is 142 g/mol. The Labute approximate surface area is 65.6 Å². The first-order chi connectivity index (χ1) is 5.15. The largest absolute Gasteiger partial charge is 0.298 e. The van der Waals surface area contributed by atoms with Gasteiger partial charge in [0, 0.05) is 5.56 Å². The SMILES string of the molecule is [B]c1cc(C)c(F)cc1C=O. The van der Waals surface area contributed by atoms with Gasteiger partial charge in [-0.1, -0.05) is 11.5 Å². The molecule has 2 radical (unpaired) electrons. The van der Waals surface area contributed by atoms with Gasteiger partial charge >= 0.3 is 0 Å². The molecule has 54 valence electrons. The monoisotopic (exact) mass is 148 g/mol. The van der Waals surface area contributed by atoms with Crippen molar-refractivity contribution in [1.82, 2.24) is 0 Å². The van der Waals surface area contributed by atoms with E-state index in [0.29, 0.717) is 17.3 Å². The Balaban J connectivity index is 3.31. The second-order valence-electron chi connectivity index (χ2n) is 2.35. The molecular formula is C8H6BFO. The van der Waals surface area contributed by atoms with Crippen LogP contribution < -0.4 is 5.46 Å². The minimum atomic E-state index is -0.402. The van der Waals surface area contributed by atoms with Crippen LogP contribution in [0.25, 0.3) is 0 Å². The van der Waals surface area contributed by atoms with E-state index < -0.39 is 5.82 Å². The van der Waals surface area contributed by atoms with E-state index in [0.717, 1.165) is 6.07 Å². The van der Waals surface area contributed by atoms with Crippen LogP contribution >= 0.6 is 0 Å². The predicted octanol–water partition coefficient (Wildman–Crippen LogP) is 0.740. The first-order valence-corrected chi connectivity index (χ1v) is 3.16. The number of hydrogen-bond acceptors (Lipinski definition) is 1. The molecule has 0 N–H and O–H groups in total. The molecule has 0 bridgehead atoms. The zero-order chi connectivity index (χ0) is 8.43. The molecule has 0 aliphatic rings. The molecule has 0 heterocycles. The second kappa shape index (κ2) is 2.87. The van der Waals surface area contributed by atoms with Crippen LogP contribution in [-0.4, -0.2) is 14.1 Å². The normalized spacial score (nSPS) is 9.64. The van der Waals surface area contributed by atoms with Crippen LogP contribution in [0.3, 0.4) is 0 Å². The van der Waals surface area contributed by atoms with Crippen molar-refractivity contribution in [3.63, 3.8) is 0 Å². The molecule has 0 atom stereocenters. The van der Waals surface area contributed by atoms with Crippen LogP contribution in [0.15, 0.2) is 12.1 Å². The number of aldehydes is 1. The standard InChI is InChI=1S/C8H6BFO/c1-5-2-7(9)6(4-11)3-8(5)10/h2-4H,1H3. The highest BCUT2D eigenvalue weighted by molar-refractivity contribution is 6.35. The van der Waals surface area contributed by atoms with E-state index in [4.69, 9.17) is 7.85 Å². The van der Waals surface area contributed by atoms with Crippen molar-refractivity contribution in [3.05, 3.63) is 29.1 Å². The quantitative estimate of drug-likeness (QED) is 0.424. The third kappa shape index (κ3) is 1.48. The summed E-state index contributed by atoms with van der Waals surface area (Å²) in [5.41, 5.74) is 0.972. The summed E-state index contributed by atoms with van der Waals surface area (Å²) in [6, 6.07) is 2.58. The zero-order valence-electron chi connectivity index (χ0n) is 6.10. The van der Waals surface area contributed by atoms with Crippen LogP contribution in [-0.2, 0) is 0 Å². The Kier molecular flexibility index (Phi) is 2.08. The highest BCUT2D eigenvalue weighted by Gasteiger charge is 2.01. The van der Waals surface area contributed by atoms with Gasteiger partial charge in [-0.05, 0) is 18.6 Å². The van der Waals surface area contributed by atoms with Crippen LogP contribution in [0.5, 0.6) is 0 Å². The van der Waals surface area contributed by atoms with Crippen molar-refractivity contribution in [2.45, 2.75) is 6.92 Å². The second-order valence-corrected chi connectivity index (χ2v) is 2.35. The number of aryl methyl sites for hydroxylation is 1. The third-order valence-corrected chi connectivity index (χ3v) is 1.49. The van der Waals surface area contributed by atoms with Gasteiger partial charge in [-0.3, -0.25) is 4.79 Å². The first-order valence-electron chi connectivity index (χ1n) is 3.16. The summed E-state index contributed by atoms with van der Waals surface area (Å²) in [6.07, 6.45) is 0.540. The maximum absolute atomic E-state index is 12.7. The summed E-state index contributed by atoms with van der Waals surface area (Å²) in [5, 5.41) is 0. The highest BCUT2D eigenvalue weighted by atomic mass is 19.1. The number of halogens is 1. The van der Waals surface area contributed by atoms with Gasteiger partial charge < -0.3 is 0 Å². The molecule has 3 heteroatoms. The summed E-state index contributed by atoms with van der Waals surface area (Å²) < 4.78 is 12.7. The summed E-state index contributed by atoms with van der Waals surface area (Å²) in [6.45, 7) is 1.60. The van der Waals surface area contributed by atoms with Crippen molar-refractivity contribution in [2.24, 2.45) is 0 Å². The van der Waals surface area contributed by atoms with E-state index >= 15 is 0 Å². The van der Waals surface area contributed by atoms with E-state index in [1.165, 1.54) is 6.07 Å². The molecule has 0 aliphatic heterocycles. The van der Waals surface area contributed by atoms with Gasteiger partial charge in [0.2, 0.25) is 0 Å². The molecule has 0 spiro atoms. The predicted molar refractivity (Wildman–Crippen MR) is 41.9 cm³/mol. The average molecular weight is 148 g/mol. The van der Waals surface area contributed by atoms with Crippen molar-refractivity contribution >= 4 is 19.6 Å². The maximum Gasteiger partial charge on any atom is 0.149 e. The van der Waals surface area contributed by atoms with Crippen LogP contribution in [0.1, 0.15) is 15.9 Å². The lowest BCUT2D eigenvalue weighted by Crippen LogP contribution is -2.11. The van der Waals surface area contributed by atoms with E-state index in [1.807, 2.05) is 0 Å². The van der Waals surface area contributed by atoms with Crippen molar-refractivity contribution in [2.75, 3.05) is 0 Å². The molecule has 11 heavy (non-hydrogen) atoms. The van der Waals surface area contributed by atoms with E-state index in [9.17, 15) is 9.18 Å². The van der Waals surface area contributed by atoms with Crippen LogP contribution in [0.4, 0.5) is 4.39 Å². The fourth-order valence-corrected chi connectivity index (χ4v) is 0.821. The van der Waals surface area contributed by atoms with Gasteiger partial charge in [0.15, 0.2) is 0 Å². The molecule has 0 fully saturated rings. The van der Waals surface area contributed by atoms with Gasteiger partial charge in [0.1, 0.15) is 19.9 Å². The van der Waals surface area contributed by atoms with E-state index in [2.05, 4.69) is 0 Å². The number of hydrogen-bond donors (Lipinski definition) is 0. The summed E-state index contributed by atoms with van der Waals surface area (Å²) >= 11 is 0. The Morgan fingerprint density at radius 2 is 2.18 bits per heavy atom. The first kappa shape index (κ1) is 7.99. The fraction of sp³-hybridized carbons (Fsp3) is 0.125. The van der Waals surface area contributed by atoms with Gasteiger partial charge in [-0.25, -0.2) is 4.39 Å². The van der Waals surface area contributed by atoms with Crippen LogP contribution in [0.2, 0.25) is 0 Å². The lowest BCUT2D eigenvalue weighted by Gasteiger charge is -2.01. The third-order valence-electron chi connectivity index (χ3n) is 1.49. The molecule has 1 aromatic rings. The maximum atomic E-state index is 12.7. The van der Waals surface area contributed by atoms with E-state index in [1.54, 1.807) is 6.92 Å². The lowest BCUT2D eigenvalue weighted by atomic mass is 9.89. The fourth-order valence-electron chi connectivity index (χ4n) is 0.821. The number of carbonyl (C=O) groups is 1. The average Bonchev–Trinajstić information content (AvgIpc) is 1.97. The Morgan fingerprint density at radius 1 is 1.55 bits per heavy atom. The van der Waals surface area contributed by atoms with Crippen LogP contribution in [0, 0.1) is 12.7 Å². The zero-order valence-corrected chi connectivity index (χ0v) is 6.10. The lowest BCUT2D eigenvalue weighted by molar-refractivity contribution is 0.112. The Bertz CT molecular complexity index is 296. The van der Waals surface area contributed by atoms with Gasteiger partial charge in [-0.2, -0.15) is 0 Å². The molecule has 0 aromatic heterocycles.